The van der Waals surface area contributed by atoms with Gasteiger partial charge in [-0.05, 0) is 43.4 Å². The van der Waals surface area contributed by atoms with E-state index in [9.17, 15) is 4.79 Å². The summed E-state index contributed by atoms with van der Waals surface area (Å²) in [6.07, 6.45) is 4.46. The van der Waals surface area contributed by atoms with Gasteiger partial charge in [0.05, 0.1) is 11.3 Å². The molecule has 2 heterocycles. The van der Waals surface area contributed by atoms with Crippen LogP contribution >= 0.6 is 11.3 Å². The number of para-hydroxylation sites is 1. The van der Waals surface area contributed by atoms with E-state index in [4.69, 9.17) is 4.42 Å². The van der Waals surface area contributed by atoms with E-state index in [2.05, 4.69) is 17.4 Å². The van der Waals surface area contributed by atoms with E-state index < -0.39 is 0 Å². The molecule has 0 aliphatic heterocycles. The molecule has 24 heavy (non-hydrogen) atoms. The summed E-state index contributed by atoms with van der Waals surface area (Å²) in [6.45, 7) is 3.94. The molecule has 0 fully saturated rings. The average molecular weight is 338 g/mol. The van der Waals surface area contributed by atoms with Gasteiger partial charge in [-0.25, -0.2) is 0 Å². The van der Waals surface area contributed by atoms with Crippen molar-refractivity contribution in [3.8, 4) is 0 Å². The summed E-state index contributed by atoms with van der Waals surface area (Å²) in [5, 5.41) is 2.96. The highest BCUT2D eigenvalue weighted by molar-refractivity contribution is 7.10. The van der Waals surface area contributed by atoms with Gasteiger partial charge in [0.1, 0.15) is 5.58 Å². The van der Waals surface area contributed by atoms with Crippen LogP contribution in [0.5, 0.6) is 0 Å². The minimum absolute atomic E-state index is 0.119. The molecule has 0 saturated heterocycles. The van der Waals surface area contributed by atoms with Crippen molar-refractivity contribution in [3.05, 3.63) is 64.1 Å². The monoisotopic (exact) mass is 338 g/mol. The number of fused-ring (bicyclic) bond motifs is 2. The summed E-state index contributed by atoms with van der Waals surface area (Å²) in [4.78, 5) is 13.8. The highest BCUT2D eigenvalue weighted by Gasteiger charge is 2.20. The third-order valence-corrected chi connectivity index (χ3v) is 5.44. The van der Waals surface area contributed by atoms with Crippen LogP contribution < -0.4 is 10.9 Å². The molecule has 2 N–H and O–H groups in total. The molecule has 122 valence electrons. The van der Waals surface area contributed by atoms with Crippen LogP contribution in [0.4, 0.5) is 0 Å². The van der Waals surface area contributed by atoms with Crippen molar-refractivity contribution in [1.82, 2.24) is 10.9 Å². The Hall–Kier alpha value is -2.53. The maximum absolute atomic E-state index is 12.4. The number of furan rings is 1. The largest absolute Gasteiger partial charge is 0.454 e. The molecule has 1 aliphatic rings. The molecule has 5 heteroatoms. The average Bonchev–Trinajstić information content (AvgIpc) is 3.23. The Balaban J connectivity index is 1.45. The molecular weight excluding hydrogens is 320 g/mol. The van der Waals surface area contributed by atoms with Crippen molar-refractivity contribution < 1.29 is 9.21 Å². The van der Waals surface area contributed by atoms with Gasteiger partial charge in [0, 0.05) is 15.6 Å². The lowest BCUT2D eigenvalue weighted by Crippen LogP contribution is -2.36. The Kier molecular flexibility index (Phi) is 3.86. The smallest absolute Gasteiger partial charge is 0.270 e. The van der Waals surface area contributed by atoms with Crippen LogP contribution in [0.3, 0.4) is 0 Å². The van der Waals surface area contributed by atoms with Crippen LogP contribution in [-0.2, 0) is 12.8 Å². The second-order valence-corrected chi connectivity index (χ2v) is 6.93. The fourth-order valence-corrected chi connectivity index (χ4v) is 4.20. The molecule has 0 spiro atoms. The summed E-state index contributed by atoms with van der Waals surface area (Å²) >= 11 is 1.68. The van der Waals surface area contributed by atoms with Crippen LogP contribution in [0, 0.1) is 0 Å². The van der Waals surface area contributed by atoms with Gasteiger partial charge in [-0.2, -0.15) is 0 Å². The Morgan fingerprint density at radius 2 is 2.00 bits per heavy atom. The number of carbonyl (C=O) groups excluding carboxylic acids is 1. The summed E-state index contributed by atoms with van der Waals surface area (Å²) in [5.41, 5.74) is 8.92. The Morgan fingerprint density at radius 1 is 1.17 bits per heavy atom. The minimum atomic E-state index is -0.119. The van der Waals surface area contributed by atoms with Crippen LogP contribution in [0.25, 0.3) is 16.7 Å². The van der Waals surface area contributed by atoms with E-state index in [1.54, 1.807) is 11.3 Å². The fourth-order valence-electron chi connectivity index (χ4n) is 3.08. The van der Waals surface area contributed by atoms with Crippen molar-refractivity contribution in [3.63, 3.8) is 0 Å². The normalized spacial score (nSPS) is 13.5. The molecule has 0 radical (unpaired) electrons. The van der Waals surface area contributed by atoms with Gasteiger partial charge in [0.15, 0.2) is 5.76 Å². The minimum Gasteiger partial charge on any atom is -0.454 e. The molecule has 0 saturated carbocycles. The van der Waals surface area contributed by atoms with E-state index in [0.717, 1.165) is 35.8 Å². The highest BCUT2D eigenvalue weighted by Crippen LogP contribution is 2.30. The van der Waals surface area contributed by atoms with Crippen LogP contribution in [-0.4, -0.2) is 5.91 Å². The van der Waals surface area contributed by atoms with Gasteiger partial charge in [-0.15, -0.1) is 11.3 Å². The molecule has 1 aliphatic carbocycles. The van der Waals surface area contributed by atoms with Crippen molar-refractivity contribution in [1.29, 1.82) is 0 Å². The van der Waals surface area contributed by atoms with Gasteiger partial charge in [0.25, 0.3) is 5.91 Å². The van der Waals surface area contributed by atoms with Gasteiger partial charge in [-0.1, -0.05) is 24.8 Å². The standard InChI is InChI=1S/C19H18N2O2S/c1-12(17-10-13-6-2-4-8-16(13)23-17)20-21-19(22)15-11-24-18-9-5-3-7-14(15)18/h2,4,6,8,10-11,20H,1,3,5,7,9H2,(H,21,22). The van der Waals surface area contributed by atoms with Gasteiger partial charge >= 0.3 is 0 Å². The molecule has 2 aromatic heterocycles. The lowest BCUT2D eigenvalue weighted by Gasteiger charge is -2.13. The van der Waals surface area contributed by atoms with Crippen molar-refractivity contribution in [2.24, 2.45) is 0 Å². The zero-order valence-electron chi connectivity index (χ0n) is 13.2. The number of rotatable bonds is 4. The zero-order chi connectivity index (χ0) is 16.5. The number of hydrogen-bond acceptors (Lipinski definition) is 4. The van der Waals surface area contributed by atoms with Gasteiger partial charge < -0.3 is 4.42 Å². The third kappa shape index (κ3) is 2.71. The number of aryl methyl sites for hydroxylation is 1. The number of hydrazine groups is 1. The van der Waals surface area contributed by atoms with E-state index in [1.165, 1.54) is 16.9 Å². The molecule has 1 amide bonds. The van der Waals surface area contributed by atoms with Gasteiger partial charge in [-0.3, -0.25) is 15.6 Å². The summed E-state index contributed by atoms with van der Waals surface area (Å²) in [6, 6.07) is 9.67. The predicted molar refractivity (Wildman–Crippen MR) is 96.8 cm³/mol. The second-order valence-electron chi connectivity index (χ2n) is 5.96. The summed E-state index contributed by atoms with van der Waals surface area (Å²) in [7, 11) is 0. The lowest BCUT2D eigenvalue weighted by molar-refractivity contribution is 0.0941. The molecule has 3 aromatic rings. The number of nitrogens with one attached hydrogen (secondary N) is 2. The van der Waals surface area contributed by atoms with Crippen LogP contribution in [0.2, 0.25) is 0 Å². The van der Waals surface area contributed by atoms with E-state index in [-0.39, 0.29) is 5.91 Å². The Morgan fingerprint density at radius 3 is 2.88 bits per heavy atom. The first-order valence-electron chi connectivity index (χ1n) is 8.06. The van der Waals surface area contributed by atoms with Crippen LogP contribution in [0.1, 0.15) is 39.4 Å². The lowest BCUT2D eigenvalue weighted by atomic mass is 9.96. The first-order chi connectivity index (χ1) is 11.7. The molecule has 0 bridgehead atoms. The molecule has 4 rings (SSSR count). The third-order valence-electron chi connectivity index (χ3n) is 4.36. The maximum Gasteiger partial charge on any atom is 0.270 e. The van der Waals surface area contributed by atoms with Gasteiger partial charge in [0.2, 0.25) is 0 Å². The number of benzene rings is 1. The quantitative estimate of drug-likeness (QED) is 0.698. The number of hydrogen-bond donors (Lipinski definition) is 2. The molecule has 0 atom stereocenters. The van der Waals surface area contributed by atoms with E-state index in [0.29, 0.717) is 11.5 Å². The first-order valence-corrected chi connectivity index (χ1v) is 8.94. The number of thiophene rings is 1. The highest BCUT2D eigenvalue weighted by atomic mass is 32.1. The Bertz CT molecular complexity index is 889. The predicted octanol–water partition coefficient (Wildman–Crippen LogP) is 4.28. The van der Waals surface area contributed by atoms with Crippen LogP contribution in [0.15, 0.2) is 46.7 Å². The summed E-state index contributed by atoms with van der Waals surface area (Å²) in [5.74, 6) is 0.496. The molecule has 0 unspecified atom stereocenters. The second kappa shape index (κ2) is 6.17. The SMILES string of the molecule is C=C(NNC(=O)c1csc2c1CCCC2)c1cc2ccccc2o1. The first kappa shape index (κ1) is 15.0. The van der Waals surface area contributed by atoms with E-state index in [1.807, 2.05) is 35.7 Å². The molecule has 4 nitrogen and oxygen atoms in total. The molecule has 1 aromatic carbocycles. The van der Waals surface area contributed by atoms with E-state index >= 15 is 0 Å². The molecular formula is C19H18N2O2S. The number of amides is 1. The zero-order valence-corrected chi connectivity index (χ0v) is 14.0. The number of carbonyl (C=O) groups is 1. The fraction of sp³-hybridized carbons (Fsp3) is 0.211. The summed E-state index contributed by atoms with van der Waals surface area (Å²) < 4.78 is 5.73. The van der Waals surface area contributed by atoms with Crippen molar-refractivity contribution in [2.75, 3.05) is 0 Å². The van der Waals surface area contributed by atoms with Crippen molar-refractivity contribution in [2.45, 2.75) is 25.7 Å². The Labute approximate surface area is 144 Å². The van der Waals surface area contributed by atoms with Crippen molar-refractivity contribution >= 4 is 33.9 Å². The maximum atomic E-state index is 12.4. The topological polar surface area (TPSA) is 54.3 Å².